The van der Waals surface area contributed by atoms with Gasteiger partial charge in [0.05, 0.1) is 66.0 Å². The van der Waals surface area contributed by atoms with Crippen molar-refractivity contribution >= 4 is 113 Å². The van der Waals surface area contributed by atoms with Gasteiger partial charge in [0.15, 0.2) is 19.7 Å². The zero-order valence-corrected chi connectivity index (χ0v) is 48.6. The fourth-order valence-electron chi connectivity index (χ4n) is 9.53. The highest BCUT2D eigenvalue weighted by atomic mass is 35.5. The lowest BCUT2D eigenvalue weighted by Crippen LogP contribution is -2.58. The third-order valence-corrected chi connectivity index (χ3v) is 21.5. The Bertz CT molecular complexity index is 2850. The summed E-state index contributed by atoms with van der Waals surface area (Å²) in [4.78, 5) is 54.6. The van der Waals surface area contributed by atoms with Crippen molar-refractivity contribution < 1.29 is 55.7 Å². The zero-order chi connectivity index (χ0) is 56.0. The molecule has 0 radical (unpaired) electrons. The van der Waals surface area contributed by atoms with E-state index in [9.17, 15) is 46.2 Å². The molecular weight excluding hydrogens is 1150 g/mol. The van der Waals surface area contributed by atoms with Gasteiger partial charge in [-0.1, -0.05) is 106 Å². The number of morpholine rings is 2. The number of ether oxygens (including phenoxy) is 2. The molecule has 2 saturated heterocycles. The number of benzene rings is 4. The molecule has 8 atom stereocenters. The number of carbonyl (C=O) groups excluding carboxylic acids is 2. The number of sulfone groups is 2. The van der Waals surface area contributed by atoms with Crippen molar-refractivity contribution in [1.29, 1.82) is 0 Å². The molecule has 2 saturated carbocycles. The second kappa shape index (κ2) is 23.6. The van der Waals surface area contributed by atoms with E-state index in [0.717, 1.165) is 25.7 Å². The van der Waals surface area contributed by atoms with Gasteiger partial charge in [-0.05, 0) is 150 Å². The van der Waals surface area contributed by atoms with Gasteiger partial charge in [0, 0.05) is 22.1 Å². The Morgan fingerprint density at radius 2 is 0.829 bits per heavy atom. The van der Waals surface area contributed by atoms with Gasteiger partial charge in [-0.15, -0.1) is 0 Å². The van der Waals surface area contributed by atoms with E-state index in [1.807, 2.05) is 0 Å². The first-order valence-corrected chi connectivity index (χ1v) is 30.2. The molecule has 2 aliphatic heterocycles. The Morgan fingerprint density at radius 1 is 0.526 bits per heavy atom. The van der Waals surface area contributed by atoms with Crippen LogP contribution in [-0.2, 0) is 48.3 Å². The maximum Gasteiger partial charge on any atom is 0.306 e. The quantitative estimate of drug-likeness (QED) is 0.108. The number of rotatable bonds is 16. The molecule has 14 nitrogen and oxygen atoms in total. The molecule has 2 heterocycles. The minimum Gasteiger partial charge on any atom is -0.481 e. The third kappa shape index (κ3) is 13.8. The van der Waals surface area contributed by atoms with Crippen LogP contribution >= 0.6 is 69.6 Å². The van der Waals surface area contributed by atoms with Crippen molar-refractivity contribution in [2.45, 2.75) is 138 Å². The molecule has 0 bridgehead atoms. The van der Waals surface area contributed by atoms with Crippen LogP contribution in [-0.4, -0.2) is 106 Å². The van der Waals surface area contributed by atoms with Crippen molar-refractivity contribution in [3.05, 3.63) is 137 Å². The van der Waals surface area contributed by atoms with Gasteiger partial charge < -0.3 is 29.5 Å². The van der Waals surface area contributed by atoms with E-state index in [4.69, 9.17) is 79.1 Å². The van der Waals surface area contributed by atoms with Crippen LogP contribution in [0.15, 0.2) is 84.9 Å². The zero-order valence-electron chi connectivity index (χ0n) is 42.5. The summed E-state index contributed by atoms with van der Waals surface area (Å²) in [6, 6.07) is 20.8. The predicted molar refractivity (Wildman–Crippen MR) is 295 cm³/mol. The number of aliphatic carboxylic acids is 2. The first-order chi connectivity index (χ1) is 35.4. The second-order valence-corrected chi connectivity index (χ2v) is 29.8. The summed E-state index contributed by atoms with van der Waals surface area (Å²) >= 11 is 37.3. The molecule has 0 spiro atoms. The fraction of sp³-hybridized carbons (Fsp3) is 0.481. The van der Waals surface area contributed by atoms with E-state index >= 15 is 0 Å². The van der Waals surface area contributed by atoms with Gasteiger partial charge in [0.1, 0.15) is 24.4 Å². The minimum atomic E-state index is -3.63. The first kappa shape index (κ1) is 60.0. The Kier molecular flexibility index (Phi) is 18.6. The van der Waals surface area contributed by atoms with Crippen molar-refractivity contribution in [3.8, 4) is 0 Å². The fourth-order valence-corrected chi connectivity index (χ4v) is 13.2. The van der Waals surface area contributed by atoms with E-state index < -0.39 is 114 Å². The summed E-state index contributed by atoms with van der Waals surface area (Å²) in [6.45, 7) is 9.81. The van der Waals surface area contributed by atoms with Crippen molar-refractivity contribution in [1.82, 2.24) is 9.80 Å². The van der Waals surface area contributed by atoms with Crippen LogP contribution < -0.4 is 0 Å². The third-order valence-electron chi connectivity index (χ3n) is 14.2. The molecule has 2 N–H and O–H groups in total. The van der Waals surface area contributed by atoms with Gasteiger partial charge >= 0.3 is 11.9 Å². The van der Waals surface area contributed by atoms with Crippen LogP contribution in [0.25, 0.3) is 0 Å². The lowest BCUT2D eigenvalue weighted by molar-refractivity contribution is -0.183. The van der Waals surface area contributed by atoms with Gasteiger partial charge in [-0.3, -0.25) is 19.2 Å². The normalized spacial score (nSPS) is 23.4. The number of hydrogen-bond donors (Lipinski definition) is 2. The van der Waals surface area contributed by atoms with Crippen LogP contribution in [0, 0.1) is 11.8 Å². The van der Waals surface area contributed by atoms with E-state index in [2.05, 4.69) is 0 Å². The molecule has 0 unspecified atom stereocenters. The second-order valence-electron chi connectivity index (χ2n) is 21.7. The number of amides is 2. The molecule has 0 aromatic heterocycles. The maximum atomic E-state index is 14.0. The summed E-state index contributed by atoms with van der Waals surface area (Å²) in [5, 5.41) is 21.3. The number of halogens is 6. The highest BCUT2D eigenvalue weighted by Gasteiger charge is 2.54. The van der Waals surface area contributed by atoms with Crippen LogP contribution in [0.1, 0.15) is 127 Å². The number of carboxylic acids is 2. The van der Waals surface area contributed by atoms with Crippen LogP contribution in [0.4, 0.5) is 0 Å². The smallest absolute Gasteiger partial charge is 0.306 e. The van der Waals surface area contributed by atoms with Crippen LogP contribution in [0.2, 0.25) is 30.1 Å². The molecule has 4 aromatic rings. The lowest BCUT2D eigenvalue weighted by atomic mass is 9.89. The molecule has 8 rings (SSSR count). The number of hydrogen-bond acceptors (Lipinski definition) is 10. The first-order valence-electron chi connectivity index (χ1n) is 24.6. The number of carboxylic acid groups (broad SMARTS) is 2. The molecule has 2 amide bonds. The van der Waals surface area contributed by atoms with Gasteiger partial charge in [0.2, 0.25) is 0 Å². The standard InChI is InChI=1S/2C27H30Cl3NO6S/c2*1-27(2,3)38(35,36)14-21(15-4-5-15)31-24(16-6-9-18(28)10-7-16)25(17-8-11-19(29)20(30)12-17)37-22(26(31)34)13-23(32)33/h2*6-12,15,21-22,24-25H,4-5,13-14H2,1-3H3,(H,32,33)/t21-,22+,24-,25-;21-,22-,24-,25-/m11/s1. The molecule has 22 heteroatoms. The Balaban J connectivity index is 0.000000221. The van der Waals surface area contributed by atoms with E-state index in [-0.39, 0.29) is 33.4 Å². The predicted octanol–water partition coefficient (Wildman–Crippen LogP) is 12.2. The SMILES string of the molecule is CC(C)(C)S(=O)(=O)C[C@H](C1CC1)N1C(=O)[C@@H](CC(=O)O)O[C@H](c2ccc(Cl)c(Cl)c2)[C@H]1c1ccc(Cl)cc1.CC(C)(C)S(=O)(=O)C[C@H](C1CC1)N1C(=O)[C@H](CC(=O)O)O[C@H](c2ccc(Cl)c(Cl)c2)[C@H]1c1ccc(Cl)cc1. The molecule has 4 aliphatic rings. The van der Waals surface area contributed by atoms with Gasteiger partial charge in [0.25, 0.3) is 11.8 Å². The Hall–Kier alpha value is -3.68. The van der Waals surface area contributed by atoms with E-state index in [1.54, 1.807) is 136 Å². The summed E-state index contributed by atoms with van der Waals surface area (Å²) < 4.78 is 64.0. The minimum absolute atomic E-state index is 0.0380. The molecular formula is C54H60Cl6N2O12S2. The molecule has 2 aliphatic carbocycles. The van der Waals surface area contributed by atoms with Crippen molar-refractivity contribution in [2.75, 3.05) is 11.5 Å². The maximum absolute atomic E-state index is 14.0. The van der Waals surface area contributed by atoms with Gasteiger partial charge in [-0.25, -0.2) is 16.8 Å². The number of carbonyl (C=O) groups is 4. The highest BCUT2D eigenvalue weighted by Crippen LogP contribution is 2.51. The summed E-state index contributed by atoms with van der Waals surface area (Å²) in [6.07, 6.45) is -2.37. The van der Waals surface area contributed by atoms with Gasteiger partial charge in [-0.2, -0.15) is 0 Å². The topological polar surface area (TPSA) is 202 Å². The molecule has 4 aromatic carbocycles. The van der Waals surface area contributed by atoms with Crippen LogP contribution in [0.5, 0.6) is 0 Å². The van der Waals surface area contributed by atoms with Crippen molar-refractivity contribution in [3.63, 3.8) is 0 Å². The molecule has 4 fully saturated rings. The van der Waals surface area contributed by atoms with Crippen LogP contribution in [0.3, 0.4) is 0 Å². The Morgan fingerprint density at radius 3 is 1.09 bits per heavy atom. The van der Waals surface area contributed by atoms with E-state index in [1.165, 1.54) is 0 Å². The Labute approximate surface area is 474 Å². The van der Waals surface area contributed by atoms with E-state index in [0.29, 0.717) is 42.3 Å². The summed E-state index contributed by atoms with van der Waals surface area (Å²) in [5.41, 5.74) is 2.51. The summed E-state index contributed by atoms with van der Waals surface area (Å²) in [5.74, 6) is -4.07. The summed E-state index contributed by atoms with van der Waals surface area (Å²) in [7, 11) is -7.27. The molecule has 76 heavy (non-hydrogen) atoms. The average molecular weight is 1210 g/mol. The largest absolute Gasteiger partial charge is 0.481 e. The average Bonchev–Trinajstić information content (AvgIpc) is 4.26. The highest BCUT2D eigenvalue weighted by molar-refractivity contribution is 7.93. The number of nitrogens with zero attached hydrogens (tertiary/aromatic N) is 2. The monoisotopic (exact) mass is 1200 g/mol. The van der Waals surface area contributed by atoms with Crippen molar-refractivity contribution in [2.24, 2.45) is 11.8 Å². The lowest BCUT2D eigenvalue weighted by Gasteiger charge is -2.48. The molecule has 412 valence electrons.